The van der Waals surface area contributed by atoms with Crippen LogP contribution in [0, 0.1) is 0 Å². The molecule has 0 saturated heterocycles. The maximum absolute atomic E-state index is 6.54. The van der Waals surface area contributed by atoms with Crippen molar-refractivity contribution in [1.82, 2.24) is 14.8 Å². The SMILES string of the molecule is Clc1ccc(C2=CC(c3ccccc3Cl)n3nc(-c4ccc(Cl)cc4)nc3N2)cc1. The number of halogens is 3. The minimum Gasteiger partial charge on any atom is -0.324 e. The Balaban J connectivity index is 1.64. The molecule has 1 aliphatic heterocycles. The summed E-state index contributed by atoms with van der Waals surface area (Å²) in [7, 11) is 0. The van der Waals surface area contributed by atoms with Gasteiger partial charge in [-0.15, -0.1) is 5.10 Å². The maximum Gasteiger partial charge on any atom is 0.227 e. The standard InChI is InChI=1S/C23H15Cl3N4/c24-16-9-5-14(6-10-16)20-13-21(18-3-1-2-4-19(18)26)30-23(27-20)28-22(29-30)15-7-11-17(25)12-8-15/h1-13,21H,(H,27,28,29). The zero-order chi connectivity index (χ0) is 20.7. The van der Waals surface area contributed by atoms with Crippen molar-refractivity contribution in [2.75, 3.05) is 5.32 Å². The van der Waals surface area contributed by atoms with Crippen molar-refractivity contribution in [2.24, 2.45) is 0 Å². The number of nitrogens with one attached hydrogen (secondary N) is 1. The van der Waals surface area contributed by atoms with Gasteiger partial charge in [0.25, 0.3) is 0 Å². The summed E-state index contributed by atoms with van der Waals surface area (Å²) in [6.07, 6.45) is 2.10. The Bertz CT molecular complexity index is 1240. The molecule has 1 aliphatic rings. The third-order valence-electron chi connectivity index (χ3n) is 4.95. The van der Waals surface area contributed by atoms with Gasteiger partial charge in [-0.25, -0.2) is 4.68 Å². The Morgan fingerprint density at radius 1 is 0.767 bits per heavy atom. The summed E-state index contributed by atoms with van der Waals surface area (Å²) in [4.78, 5) is 4.74. The van der Waals surface area contributed by atoms with Gasteiger partial charge in [-0.2, -0.15) is 4.98 Å². The monoisotopic (exact) mass is 452 g/mol. The summed E-state index contributed by atoms with van der Waals surface area (Å²) < 4.78 is 1.85. The molecule has 0 amide bonds. The number of benzene rings is 3. The Morgan fingerprint density at radius 3 is 2.07 bits per heavy atom. The molecule has 0 fully saturated rings. The minimum atomic E-state index is -0.214. The van der Waals surface area contributed by atoms with Gasteiger partial charge in [-0.05, 0) is 59.7 Å². The molecule has 4 aromatic rings. The molecule has 148 valence electrons. The molecule has 7 heteroatoms. The predicted molar refractivity (Wildman–Crippen MR) is 123 cm³/mol. The van der Waals surface area contributed by atoms with Crippen LogP contribution in [-0.4, -0.2) is 14.8 Å². The lowest BCUT2D eigenvalue weighted by molar-refractivity contribution is 0.613. The van der Waals surface area contributed by atoms with Gasteiger partial charge in [0, 0.05) is 26.3 Å². The number of nitrogens with zero attached hydrogens (tertiary/aromatic N) is 3. The van der Waals surface area contributed by atoms with Crippen molar-refractivity contribution in [2.45, 2.75) is 6.04 Å². The van der Waals surface area contributed by atoms with E-state index in [2.05, 4.69) is 11.4 Å². The van der Waals surface area contributed by atoms with Crippen LogP contribution in [0.1, 0.15) is 17.2 Å². The number of hydrogen-bond donors (Lipinski definition) is 1. The van der Waals surface area contributed by atoms with Crippen LogP contribution in [0.3, 0.4) is 0 Å². The van der Waals surface area contributed by atoms with Crippen LogP contribution in [0.5, 0.6) is 0 Å². The fraction of sp³-hybridized carbons (Fsp3) is 0.0435. The average Bonchev–Trinajstić information content (AvgIpc) is 3.19. The average molecular weight is 454 g/mol. The van der Waals surface area contributed by atoms with Crippen molar-refractivity contribution >= 4 is 46.4 Å². The van der Waals surface area contributed by atoms with Crippen LogP contribution in [0.2, 0.25) is 15.1 Å². The summed E-state index contributed by atoms with van der Waals surface area (Å²) in [6, 6.07) is 22.7. The minimum absolute atomic E-state index is 0.214. The lowest BCUT2D eigenvalue weighted by Crippen LogP contribution is -2.20. The molecule has 1 N–H and O–H groups in total. The number of rotatable bonds is 3. The van der Waals surface area contributed by atoms with E-state index in [0.29, 0.717) is 26.8 Å². The highest BCUT2D eigenvalue weighted by Gasteiger charge is 2.27. The fourth-order valence-corrected chi connectivity index (χ4v) is 3.95. The molecule has 0 saturated carbocycles. The molecule has 4 nitrogen and oxygen atoms in total. The predicted octanol–water partition coefficient (Wildman–Crippen LogP) is 6.96. The number of anilines is 1. The van der Waals surface area contributed by atoms with E-state index in [9.17, 15) is 0 Å². The van der Waals surface area contributed by atoms with E-state index < -0.39 is 0 Å². The molecule has 1 atom stereocenters. The van der Waals surface area contributed by atoms with Gasteiger partial charge in [-0.1, -0.05) is 65.1 Å². The summed E-state index contributed by atoms with van der Waals surface area (Å²) in [5.74, 6) is 1.24. The van der Waals surface area contributed by atoms with Gasteiger partial charge in [-0.3, -0.25) is 0 Å². The lowest BCUT2D eigenvalue weighted by Gasteiger charge is -2.25. The Labute approximate surface area is 188 Å². The van der Waals surface area contributed by atoms with E-state index in [1.54, 1.807) is 0 Å². The van der Waals surface area contributed by atoms with Gasteiger partial charge in [0.05, 0.1) is 0 Å². The Kier molecular flexibility index (Phi) is 4.99. The van der Waals surface area contributed by atoms with Gasteiger partial charge in [0.2, 0.25) is 5.95 Å². The Hall–Kier alpha value is -2.79. The zero-order valence-electron chi connectivity index (χ0n) is 15.6. The first-order chi connectivity index (χ1) is 14.6. The second-order valence-electron chi connectivity index (χ2n) is 6.89. The normalized spacial score (nSPS) is 15.3. The maximum atomic E-state index is 6.54. The Morgan fingerprint density at radius 2 is 1.40 bits per heavy atom. The van der Waals surface area contributed by atoms with Crippen LogP contribution in [0.15, 0.2) is 78.9 Å². The van der Waals surface area contributed by atoms with Crippen LogP contribution >= 0.6 is 34.8 Å². The molecule has 5 rings (SSSR count). The lowest BCUT2D eigenvalue weighted by atomic mass is 10.0. The van der Waals surface area contributed by atoms with Gasteiger partial charge in [0.15, 0.2) is 5.82 Å². The van der Waals surface area contributed by atoms with Crippen LogP contribution in [0.4, 0.5) is 5.95 Å². The molecular weight excluding hydrogens is 439 g/mol. The summed E-state index contributed by atoms with van der Waals surface area (Å²) in [5.41, 5.74) is 3.74. The van der Waals surface area contributed by atoms with Crippen molar-refractivity contribution in [3.63, 3.8) is 0 Å². The summed E-state index contributed by atoms with van der Waals surface area (Å²) in [5, 5.41) is 10.2. The molecule has 0 bridgehead atoms. The van der Waals surface area contributed by atoms with E-state index in [1.807, 2.05) is 77.5 Å². The van der Waals surface area contributed by atoms with Crippen molar-refractivity contribution < 1.29 is 0 Å². The molecule has 1 unspecified atom stereocenters. The molecule has 1 aromatic heterocycles. The van der Waals surface area contributed by atoms with E-state index >= 15 is 0 Å². The molecule has 0 spiro atoms. The topological polar surface area (TPSA) is 42.7 Å². The fourth-order valence-electron chi connectivity index (χ4n) is 3.45. The van der Waals surface area contributed by atoms with Crippen molar-refractivity contribution in [3.8, 4) is 11.4 Å². The van der Waals surface area contributed by atoms with Crippen molar-refractivity contribution in [3.05, 3.63) is 105 Å². The zero-order valence-corrected chi connectivity index (χ0v) is 17.8. The third kappa shape index (κ3) is 3.58. The third-order valence-corrected chi connectivity index (χ3v) is 5.80. The number of aromatic nitrogens is 3. The molecule has 0 aliphatic carbocycles. The first-order valence-corrected chi connectivity index (χ1v) is 10.4. The molecule has 3 aromatic carbocycles. The van der Waals surface area contributed by atoms with E-state index in [-0.39, 0.29) is 6.04 Å². The van der Waals surface area contributed by atoms with E-state index in [0.717, 1.165) is 22.4 Å². The highest BCUT2D eigenvalue weighted by atomic mass is 35.5. The second kappa shape index (κ2) is 7.80. The van der Waals surface area contributed by atoms with Gasteiger partial charge >= 0.3 is 0 Å². The van der Waals surface area contributed by atoms with E-state index in [4.69, 9.17) is 44.9 Å². The molecule has 0 radical (unpaired) electrons. The van der Waals surface area contributed by atoms with Crippen LogP contribution < -0.4 is 5.32 Å². The summed E-state index contributed by atoms with van der Waals surface area (Å²) >= 11 is 18.6. The number of allylic oxidation sites excluding steroid dienone is 1. The van der Waals surface area contributed by atoms with Crippen molar-refractivity contribution in [1.29, 1.82) is 0 Å². The van der Waals surface area contributed by atoms with Gasteiger partial charge < -0.3 is 5.32 Å². The smallest absolute Gasteiger partial charge is 0.227 e. The summed E-state index contributed by atoms with van der Waals surface area (Å²) in [6.45, 7) is 0. The van der Waals surface area contributed by atoms with E-state index in [1.165, 1.54) is 0 Å². The largest absolute Gasteiger partial charge is 0.324 e. The van der Waals surface area contributed by atoms with Crippen LogP contribution in [-0.2, 0) is 0 Å². The van der Waals surface area contributed by atoms with Gasteiger partial charge in [0.1, 0.15) is 6.04 Å². The number of hydrogen-bond acceptors (Lipinski definition) is 3. The molecule has 2 heterocycles. The highest BCUT2D eigenvalue weighted by molar-refractivity contribution is 6.31. The molecule has 30 heavy (non-hydrogen) atoms. The first kappa shape index (κ1) is 19.2. The number of fused-ring (bicyclic) bond motifs is 1. The first-order valence-electron chi connectivity index (χ1n) is 9.30. The molecular formula is C23H15Cl3N4. The highest BCUT2D eigenvalue weighted by Crippen LogP contribution is 2.36. The second-order valence-corrected chi connectivity index (χ2v) is 8.17. The van der Waals surface area contributed by atoms with Crippen LogP contribution in [0.25, 0.3) is 17.1 Å². The quantitative estimate of drug-likeness (QED) is 0.364.